The molecule has 0 saturated heterocycles. The largest absolute Gasteiger partial charge is 0.488 e. The summed E-state index contributed by atoms with van der Waals surface area (Å²) in [4.78, 5) is 0. The first-order valence-corrected chi connectivity index (χ1v) is 12.0. The fraction of sp³-hybridized carbons (Fsp3) is 0.455. The summed E-state index contributed by atoms with van der Waals surface area (Å²) in [6.45, 7) is 5.44. The van der Waals surface area contributed by atoms with Crippen molar-refractivity contribution < 1.29 is 31.4 Å². The van der Waals surface area contributed by atoms with Crippen molar-refractivity contribution in [3.8, 4) is 5.75 Å². The van der Waals surface area contributed by atoms with Crippen LogP contribution in [0.25, 0.3) is 0 Å². The standard InChI is InChI=1S/C20H21F3N2O4S.C2H6/c1-11-2-3-15(13(21)8-11)24-19-17(23)14(22)9-16-18(19)25-30(27,28)20(6-7-20)5-4-12(26)10-29-16;1-2/h2-3,8-9,12,24-26H,4-7,10H2,1H3;1-2H3. The van der Waals surface area contributed by atoms with Gasteiger partial charge in [-0.2, -0.15) is 0 Å². The molecular formula is C22H27F3N2O4S. The number of nitrogens with one attached hydrogen (secondary N) is 2. The molecule has 0 amide bonds. The second-order valence-electron chi connectivity index (χ2n) is 7.82. The number of halogens is 3. The van der Waals surface area contributed by atoms with Crippen LogP contribution in [0.1, 0.15) is 45.1 Å². The Bertz CT molecular complexity index is 1100. The maximum atomic E-state index is 14.7. The predicted octanol–water partition coefficient (Wildman–Crippen LogP) is 4.99. The first-order chi connectivity index (χ1) is 15.1. The van der Waals surface area contributed by atoms with Crippen LogP contribution >= 0.6 is 0 Å². The number of hydrogen-bond donors (Lipinski definition) is 3. The Morgan fingerprint density at radius 2 is 1.81 bits per heavy atom. The van der Waals surface area contributed by atoms with Gasteiger partial charge in [0.05, 0.1) is 16.5 Å². The van der Waals surface area contributed by atoms with Gasteiger partial charge in [0.2, 0.25) is 10.0 Å². The summed E-state index contributed by atoms with van der Waals surface area (Å²) < 4.78 is 76.0. The van der Waals surface area contributed by atoms with Crippen LogP contribution in [0, 0.1) is 24.4 Å². The molecule has 1 unspecified atom stereocenters. The van der Waals surface area contributed by atoms with E-state index in [9.17, 15) is 26.7 Å². The molecule has 2 aromatic rings. The third-order valence-corrected chi connectivity index (χ3v) is 7.77. The number of sulfonamides is 1. The van der Waals surface area contributed by atoms with Crippen molar-refractivity contribution in [3.05, 3.63) is 47.3 Å². The lowest BCUT2D eigenvalue weighted by molar-refractivity contribution is 0.0973. The van der Waals surface area contributed by atoms with Gasteiger partial charge in [0, 0.05) is 6.07 Å². The molecule has 10 heteroatoms. The van der Waals surface area contributed by atoms with E-state index < -0.39 is 44.0 Å². The van der Waals surface area contributed by atoms with Crippen molar-refractivity contribution in [2.24, 2.45) is 0 Å². The number of benzene rings is 2. The fourth-order valence-corrected chi connectivity index (χ4v) is 5.24. The highest BCUT2D eigenvalue weighted by Crippen LogP contribution is 2.50. The average Bonchev–Trinajstić information content (AvgIpc) is 3.55. The molecule has 1 spiro atoms. The highest BCUT2D eigenvalue weighted by Gasteiger charge is 2.55. The summed E-state index contributed by atoms with van der Waals surface area (Å²) >= 11 is 0. The molecule has 2 aliphatic rings. The van der Waals surface area contributed by atoms with Crippen LogP contribution in [0.4, 0.5) is 30.2 Å². The smallest absolute Gasteiger partial charge is 0.238 e. The van der Waals surface area contributed by atoms with Gasteiger partial charge in [-0.1, -0.05) is 19.9 Å². The Morgan fingerprint density at radius 3 is 2.44 bits per heavy atom. The van der Waals surface area contributed by atoms with Gasteiger partial charge in [0.25, 0.3) is 0 Å². The van der Waals surface area contributed by atoms with Crippen molar-refractivity contribution in [1.82, 2.24) is 0 Å². The number of aliphatic hydroxyl groups is 1. The summed E-state index contributed by atoms with van der Waals surface area (Å²) in [5.41, 5.74) is -0.504. The Morgan fingerprint density at radius 1 is 1.12 bits per heavy atom. The molecular weight excluding hydrogens is 445 g/mol. The van der Waals surface area contributed by atoms with Crippen LogP contribution in [-0.4, -0.2) is 31.0 Å². The van der Waals surface area contributed by atoms with E-state index in [0.29, 0.717) is 24.5 Å². The number of anilines is 3. The van der Waals surface area contributed by atoms with E-state index in [1.54, 1.807) is 13.0 Å². The van der Waals surface area contributed by atoms with Crippen molar-refractivity contribution >= 4 is 27.1 Å². The van der Waals surface area contributed by atoms with Crippen molar-refractivity contribution in [2.75, 3.05) is 16.6 Å². The first kappa shape index (κ1) is 24.2. The SMILES string of the molecule is CC.Cc1ccc(Nc2c(F)c(F)cc3c2NS(=O)(=O)C2(CCC(O)CO3)CC2)c(F)c1. The molecule has 1 aliphatic carbocycles. The van der Waals surface area contributed by atoms with Crippen LogP contribution in [0.5, 0.6) is 5.75 Å². The molecule has 1 heterocycles. The van der Waals surface area contributed by atoms with E-state index in [4.69, 9.17) is 4.74 Å². The third kappa shape index (κ3) is 4.66. The zero-order chi connectivity index (χ0) is 23.7. The second-order valence-corrected chi connectivity index (χ2v) is 9.90. The average molecular weight is 473 g/mol. The number of hydrogen-bond acceptors (Lipinski definition) is 5. The molecule has 1 aliphatic heterocycles. The molecule has 2 aromatic carbocycles. The number of fused-ring (bicyclic) bond motifs is 1. The van der Waals surface area contributed by atoms with Crippen LogP contribution < -0.4 is 14.8 Å². The molecule has 32 heavy (non-hydrogen) atoms. The van der Waals surface area contributed by atoms with Gasteiger partial charge in [0.15, 0.2) is 11.6 Å². The minimum Gasteiger partial charge on any atom is -0.488 e. The van der Waals surface area contributed by atoms with Crippen LogP contribution in [0.15, 0.2) is 24.3 Å². The zero-order valence-electron chi connectivity index (χ0n) is 18.1. The lowest BCUT2D eigenvalue weighted by atomic mass is 10.1. The number of ether oxygens (including phenoxy) is 1. The molecule has 0 aromatic heterocycles. The number of rotatable bonds is 2. The van der Waals surface area contributed by atoms with Crippen LogP contribution in [0.2, 0.25) is 0 Å². The quantitative estimate of drug-likeness (QED) is 0.573. The molecule has 0 bridgehead atoms. The predicted molar refractivity (Wildman–Crippen MR) is 117 cm³/mol. The maximum Gasteiger partial charge on any atom is 0.238 e. The van der Waals surface area contributed by atoms with Crippen LogP contribution in [-0.2, 0) is 10.0 Å². The van der Waals surface area contributed by atoms with Gasteiger partial charge < -0.3 is 15.2 Å². The van der Waals surface area contributed by atoms with E-state index in [-0.39, 0.29) is 36.6 Å². The minimum atomic E-state index is -4.01. The molecule has 176 valence electrons. The van der Waals surface area contributed by atoms with Gasteiger partial charge >= 0.3 is 0 Å². The highest BCUT2D eigenvalue weighted by molar-refractivity contribution is 7.94. The van der Waals surface area contributed by atoms with Crippen molar-refractivity contribution in [2.45, 2.75) is 57.3 Å². The topological polar surface area (TPSA) is 87.7 Å². The van der Waals surface area contributed by atoms with Gasteiger partial charge in [-0.25, -0.2) is 21.6 Å². The lowest BCUT2D eigenvalue weighted by Crippen LogP contribution is -2.33. The Kier molecular flexibility index (Phi) is 6.94. The molecule has 4 rings (SSSR count). The molecule has 1 fully saturated rings. The summed E-state index contributed by atoms with van der Waals surface area (Å²) in [5.74, 6) is -3.72. The van der Waals surface area contributed by atoms with E-state index >= 15 is 0 Å². The molecule has 1 atom stereocenters. The Labute approximate surface area is 185 Å². The van der Waals surface area contributed by atoms with E-state index in [0.717, 1.165) is 0 Å². The Hall–Kier alpha value is -2.46. The van der Waals surface area contributed by atoms with Gasteiger partial charge in [-0.05, 0) is 50.3 Å². The first-order valence-electron chi connectivity index (χ1n) is 10.5. The van der Waals surface area contributed by atoms with E-state index in [1.807, 2.05) is 13.8 Å². The van der Waals surface area contributed by atoms with Gasteiger partial charge in [-0.3, -0.25) is 4.72 Å². The molecule has 6 nitrogen and oxygen atoms in total. The Balaban J connectivity index is 0.00000141. The normalized spacial score (nSPS) is 20.7. The summed E-state index contributed by atoms with van der Waals surface area (Å²) in [6, 6.07) is 4.81. The zero-order valence-corrected chi connectivity index (χ0v) is 19.0. The monoisotopic (exact) mass is 472 g/mol. The summed E-state index contributed by atoms with van der Waals surface area (Å²) in [6.07, 6.45) is 0.220. The number of aliphatic hydroxyl groups excluding tert-OH is 1. The van der Waals surface area contributed by atoms with Crippen LogP contribution in [0.3, 0.4) is 0 Å². The summed E-state index contributed by atoms with van der Waals surface area (Å²) in [5, 5.41) is 12.6. The second kappa shape index (κ2) is 9.19. The van der Waals surface area contributed by atoms with Crippen molar-refractivity contribution in [3.63, 3.8) is 0 Å². The van der Waals surface area contributed by atoms with Crippen molar-refractivity contribution in [1.29, 1.82) is 0 Å². The third-order valence-electron chi connectivity index (χ3n) is 5.55. The minimum absolute atomic E-state index is 0.162. The maximum absolute atomic E-state index is 14.7. The lowest BCUT2D eigenvalue weighted by Gasteiger charge is -2.25. The van der Waals surface area contributed by atoms with E-state index in [1.165, 1.54) is 12.1 Å². The van der Waals surface area contributed by atoms with E-state index in [2.05, 4.69) is 10.0 Å². The fourth-order valence-electron chi connectivity index (χ4n) is 3.53. The summed E-state index contributed by atoms with van der Waals surface area (Å²) in [7, 11) is -4.01. The number of aryl methyl sites for hydroxylation is 1. The highest BCUT2D eigenvalue weighted by atomic mass is 32.2. The van der Waals surface area contributed by atoms with Gasteiger partial charge in [-0.15, -0.1) is 0 Å². The van der Waals surface area contributed by atoms with Gasteiger partial charge in [0.1, 0.15) is 29.5 Å². The molecule has 0 radical (unpaired) electrons. The molecule has 3 N–H and O–H groups in total. The molecule has 1 saturated carbocycles.